The first-order chi connectivity index (χ1) is 12.5. The molecule has 0 radical (unpaired) electrons. The van der Waals surface area contributed by atoms with Gasteiger partial charge in [0.05, 0.1) is 17.6 Å². The van der Waals surface area contributed by atoms with Gasteiger partial charge in [0.15, 0.2) is 0 Å². The molecule has 1 aromatic heterocycles. The number of hydrogen-bond donors (Lipinski definition) is 3. The molecule has 1 unspecified atom stereocenters. The molecule has 9 nitrogen and oxygen atoms in total. The van der Waals surface area contributed by atoms with E-state index in [9.17, 15) is 19.2 Å². The Kier molecular flexibility index (Phi) is 6.18. The lowest BCUT2D eigenvalue weighted by molar-refractivity contribution is -0.134. The Morgan fingerprint density at radius 3 is 2.81 bits per heavy atom. The van der Waals surface area contributed by atoms with Gasteiger partial charge in [-0.2, -0.15) is 0 Å². The van der Waals surface area contributed by atoms with E-state index in [0.29, 0.717) is 22.4 Å². The van der Waals surface area contributed by atoms with Crippen molar-refractivity contribution in [1.82, 2.24) is 20.2 Å². The summed E-state index contributed by atoms with van der Waals surface area (Å²) < 4.78 is 1.71. The van der Waals surface area contributed by atoms with Crippen LogP contribution in [-0.4, -0.2) is 51.8 Å². The number of hydrogen-bond acceptors (Lipinski definition) is 6. The Morgan fingerprint density at radius 2 is 2.15 bits per heavy atom. The highest BCUT2D eigenvalue weighted by atomic mass is 16.2. The topological polar surface area (TPSA) is 130 Å². The lowest BCUT2D eigenvalue weighted by Gasteiger charge is -2.21. The fourth-order valence-corrected chi connectivity index (χ4v) is 2.82. The number of aliphatic hydroxyl groups excluding tert-OH is 1. The summed E-state index contributed by atoms with van der Waals surface area (Å²) in [6.45, 7) is 1.91. The maximum atomic E-state index is 12.5. The summed E-state index contributed by atoms with van der Waals surface area (Å²) in [5.41, 5.74) is 1.47. The van der Waals surface area contributed by atoms with Crippen LogP contribution in [-0.2, 0) is 20.9 Å². The van der Waals surface area contributed by atoms with E-state index < -0.39 is 17.9 Å². The molecule has 1 atom stereocenters. The van der Waals surface area contributed by atoms with Gasteiger partial charge in [0, 0.05) is 13.5 Å². The summed E-state index contributed by atoms with van der Waals surface area (Å²) in [5.74, 6) is -0.658. The second-order valence-electron chi connectivity index (χ2n) is 5.59. The minimum absolute atomic E-state index is 0.153. The van der Waals surface area contributed by atoms with E-state index in [0.717, 1.165) is 13.4 Å². The number of benzene rings is 1. The quantitative estimate of drug-likeness (QED) is 0.506. The third-order valence-electron chi connectivity index (χ3n) is 4.02. The molecule has 0 aliphatic carbocycles. The van der Waals surface area contributed by atoms with Crippen LogP contribution in [0.4, 0.5) is 0 Å². The molecule has 26 heavy (non-hydrogen) atoms. The fraction of sp³-hybridized carbons (Fsp3) is 0.353. The van der Waals surface area contributed by atoms with E-state index >= 15 is 0 Å². The minimum Gasteiger partial charge on any atom is -0.400 e. The molecule has 1 aliphatic rings. The summed E-state index contributed by atoms with van der Waals surface area (Å²) in [6, 6.07) is 4.34. The fourth-order valence-electron chi connectivity index (χ4n) is 2.82. The average molecular weight is 360 g/mol. The molecule has 0 saturated carbocycles. The molecule has 1 aromatic carbocycles. The molecule has 2 heterocycles. The maximum Gasteiger partial charge on any atom is 0.254 e. The number of imidazole rings is 1. The van der Waals surface area contributed by atoms with Gasteiger partial charge in [-0.1, -0.05) is 6.07 Å². The predicted octanol–water partition coefficient (Wildman–Crippen LogP) is -0.313. The van der Waals surface area contributed by atoms with Gasteiger partial charge in [0.2, 0.25) is 11.8 Å². The van der Waals surface area contributed by atoms with Crippen molar-refractivity contribution in [3.8, 4) is 0 Å². The van der Waals surface area contributed by atoms with E-state index in [1.165, 1.54) is 0 Å². The zero-order chi connectivity index (χ0) is 19.3. The van der Waals surface area contributed by atoms with Gasteiger partial charge in [-0.3, -0.25) is 19.7 Å². The van der Waals surface area contributed by atoms with Crippen LogP contribution in [0.15, 0.2) is 18.2 Å². The van der Waals surface area contributed by atoms with Gasteiger partial charge in [0.1, 0.15) is 23.7 Å². The van der Waals surface area contributed by atoms with E-state index in [2.05, 4.69) is 15.6 Å². The van der Waals surface area contributed by atoms with Crippen molar-refractivity contribution in [2.75, 3.05) is 7.11 Å². The number of nitrogens with zero attached hydrogens (tertiary/aromatic N) is 2. The third kappa shape index (κ3) is 3.77. The van der Waals surface area contributed by atoms with E-state index in [4.69, 9.17) is 5.11 Å². The molecule has 2 aromatic rings. The Balaban J connectivity index is 0.00000117. The second kappa shape index (κ2) is 8.34. The number of imide groups is 1. The number of aromatic nitrogens is 2. The number of rotatable bonds is 4. The monoisotopic (exact) mass is 360 g/mol. The third-order valence-corrected chi connectivity index (χ3v) is 4.02. The smallest absolute Gasteiger partial charge is 0.254 e. The normalized spacial score (nSPS) is 16.5. The predicted molar refractivity (Wildman–Crippen MR) is 92.3 cm³/mol. The molecule has 3 rings (SSSR count). The Labute approximate surface area is 149 Å². The lowest BCUT2D eigenvalue weighted by Crippen LogP contribution is -2.52. The molecule has 3 N–H and O–H groups in total. The number of fused-ring (bicyclic) bond motifs is 1. The molecule has 1 saturated heterocycles. The SMILES string of the molecule is CO.Cc1nc2c(C(=O)NC3CCC(=O)NC3=O)cccc2n1CC=O. The highest BCUT2D eigenvalue weighted by Crippen LogP contribution is 2.20. The molecule has 0 spiro atoms. The van der Waals surface area contributed by atoms with Crippen molar-refractivity contribution in [2.45, 2.75) is 32.4 Å². The number of aryl methyl sites for hydroxylation is 1. The van der Waals surface area contributed by atoms with E-state index in [-0.39, 0.29) is 25.3 Å². The van der Waals surface area contributed by atoms with Gasteiger partial charge in [0.25, 0.3) is 5.91 Å². The van der Waals surface area contributed by atoms with Crippen LogP contribution in [0, 0.1) is 6.92 Å². The number of nitrogens with one attached hydrogen (secondary N) is 2. The Bertz CT molecular complexity index is 858. The number of aliphatic hydroxyl groups is 1. The summed E-state index contributed by atoms with van der Waals surface area (Å²) in [6.07, 6.45) is 1.23. The summed E-state index contributed by atoms with van der Waals surface area (Å²) in [7, 11) is 1.00. The highest BCUT2D eigenvalue weighted by Gasteiger charge is 2.28. The van der Waals surface area contributed by atoms with Crippen molar-refractivity contribution < 1.29 is 24.3 Å². The highest BCUT2D eigenvalue weighted by molar-refractivity contribution is 6.08. The van der Waals surface area contributed by atoms with Crippen molar-refractivity contribution in [3.05, 3.63) is 29.6 Å². The number of piperidine rings is 1. The number of para-hydroxylation sites is 1. The standard InChI is InChI=1S/C16H16N4O4.CH4O/c1-9-17-14-10(3-2-4-12(14)20(9)7-8-21)15(23)18-11-5-6-13(22)19-16(11)24;1-2/h2-4,8,11H,5-7H2,1H3,(H,18,23)(H,19,22,24);2H,1H3. The molecule has 1 aliphatic heterocycles. The van der Waals surface area contributed by atoms with E-state index in [1.54, 1.807) is 29.7 Å². The zero-order valence-corrected chi connectivity index (χ0v) is 14.5. The summed E-state index contributed by atoms with van der Waals surface area (Å²) in [4.78, 5) is 50.7. The van der Waals surface area contributed by atoms with Crippen LogP contribution in [0.25, 0.3) is 11.0 Å². The first kappa shape index (κ1) is 19.3. The van der Waals surface area contributed by atoms with Crippen molar-refractivity contribution in [1.29, 1.82) is 0 Å². The van der Waals surface area contributed by atoms with Crippen LogP contribution in [0.1, 0.15) is 29.0 Å². The average Bonchev–Trinajstić information content (AvgIpc) is 2.95. The number of aldehydes is 1. The van der Waals surface area contributed by atoms with Gasteiger partial charge >= 0.3 is 0 Å². The summed E-state index contributed by atoms with van der Waals surface area (Å²) >= 11 is 0. The molecule has 3 amide bonds. The molecule has 138 valence electrons. The first-order valence-corrected chi connectivity index (χ1v) is 8.00. The first-order valence-electron chi connectivity index (χ1n) is 8.00. The van der Waals surface area contributed by atoms with Crippen LogP contribution in [0.3, 0.4) is 0 Å². The van der Waals surface area contributed by atoms with Crippen LogP contribution in [0.2, 0.25) is 0 Å². The molecular weight excluding hydrogens is 340 g/mol. The number of amides is 3. The largest absolute Gasteiger partial charge is 0.400 e. The summed E-state index contributed by atoms with van der Waals surface area (Å²) in [5, 5.41) is 11.8. The lowest BCUT2D eigenvalue weighted by atomic mass is 10.1. The van der Waals surface area contributed by atoms with E-state index in [1.807, 2.05) is 0 Å². The molecule has 1 fully saturated rings. The molecule has 0 bridgehead atoms. The van der Waals surface area contributed by atoms with Crippen molar-refractivity contribution in [3.63, 3.8) is 0 Å². The van der Waals surface area contributed by atoms with Crippen LogP contribution >= 0.6 is 0 Å². The van der Waals surface area contributed by atoms with Gasteiger partial charge in [-0.25, -0.2) is 4.98 Å². The maximum absolute atomic E-state index is 12.5. The molecular formula is C17H20N4O5. The van der Waals surface area contributed by atoms with Gasteiger partial charge in [-0.15, -0.1) is 0 Å². The second-order valence-corrected chi connectivity index (χ2v) is 5.59. The number of carbonyl (C=O) groups excluding carboxylic acids is 4. The zero-order valence-electron chi connectivity index (χ0n) is 14.5. The van der Waals surface area contributed by atoms with Gasteiger partial charge in [-0.05, 0) is 25.5 Å². The van der Waals surface area contributed by atoms with Gasteiger partial charge < -0.3 is 19.8 Å². The number of carbonyl (C=O) groups is 4. The Hall–Kier alpha value is -3.07. The van der Waals surface area contributed by atoms with Crippen molar-refractivity contribution in [2.24, 2.45) is 0 Å². The van der Waals surface area contributed by atoms with Crippen LogP contribution in [0.5, 0.6) is 0 Å². The van der Waals surface area contributed by atoms with Crippen LogP contribution < -0.4 is 10.6 Å². The minimum atomic E-state index is -0.747. The van der Waals surface area contributed by atoms with Crippen molar-refractivity contribution >= 4 is 35.0 Å². The Morgan fingerprint density at radius 1 is 1.42 bits per heavy atom. The molecule has 9 heteroatoms.